The van der Waals surface area contributed by atoms with Crippen molar-refractivity contribution in [3.63, 3.8) is 0 Å². The highest BCUT2D eigenvalue weighted by molar-refractivity contribution is 5.93. The van der Waals surface area contributed by atoms with Gasteiger partial charge in [0.05, 0.1) is 5.56 Å². The molecule has 0 saturated heterocycles. The molecule has 0 aliphatic heterocycles. The SMILES string of the molecule is CN(C)c1ncccc1CNC(=O)c1cccnc1. The van der Waals surface area contributed by atoms with Crippen molar-refractivity contribution in [2.45, 2.75) is 6.54 Å². The Balaban J connectivity index is 2.05. The summed E-state index contributed by atoms with van der Waals surface area (Å²) in [7, 11) is 3.85. The van der Waals surface area contributed by atoms with Crippen LogP contribution in [0.1, 0.15) is 15.9 Å². The summed E-state index contributed by atoms with van der Waals surface area (Å²) < 4.78 is 0. The van der Waals surface area contributed by atoms with Crippen molar-refractivity contribution in [3.05, 3.63) is 54.0 Å². The Morgan fingerprint density at radius 3 is 2.74 bits per heavy atom. The van der Waals surface area contributed by atoms with Gasteiger partial charge in [-0.25, -0.2) is 4.98 Å². The first-order valence-corrected chi connectivity index (χ1v) is 5.98. The van der Waals surface area contributed by atoms with Crippen LogP contribution in [0.4, 0.5) is 5.82 Å². The molecule has 1 N–H and O–H groups in total. The molecule has 0 saturated carbocycles. The highest BCUT2D eigenvalue weighted by Gasteiger charge is 2.08. The normalized spacial score (nSPS) is 10.0. The second kappa shape index (κ2) is 5.95. The fourth-order valence-corrected chi connectivity index (χ4v) is 1.75. The summed E-state index contributed by atoms with van der Waals surface area (Å²) in [5.74, 6) is 0.718. The first-order valence-electron chi connectivity index (χ1n) is 5.98. The van der Waals surface area contributed by atoms with Crippen LogP contribution in [0.3, 0.4) is 0 Å². The number of carbonyl (C=O) groups is 1. The van der Waals surface area contributed by atoms with Crippen LogP contribution in [0.2, 0.25) is 0 Å². The summed E-state index contributed by atoms with van der Waals surface area (Å²) in [5.41, 5.74) is 1.53. The maximum absolute atomic E-state index is 11.9. The number of anilines is 1. The topological polar surface area (TPSA) is 58.1 Å². The maximum Gasteiger partial charge on any atom is 0.253 e. The first kappa shape index (κ1) is 13.0. The van der Waals surface area contributed by atoms with Gasteiger partial charge in [-0.3, -0.25) is 9.78 Å². The largest absolute Gasteiger partial charge is 0.362 e. The predicted octanol–water partition coefficient (Wildman–Crippen LogP) is 1.47. The van der Waals surface area contributed by atoms with Gasteiger partial charge in [0, 0.05) is 44.8 Å². The molecule has 0 unspecified atom stereocenters. The molecule has 1 amide bonds. The van der Waals surface area contributed by atoms with E-state index in [-0.39, 0.29) is 5.91 Å². The molecule has 0 aliphatic carbocycles. The fourth-order valence-electron chi connectivity index (χ4n) is 1.75. The molecular formula is C14H16N4O. The number of hydrogen-bond donors (Lipinski definition) is 1. The number of aromatic nitrogens is 2. The van der Waals surface area contributed by atoms with Crippen molar-refractivity contribution >= 4 is 11.7 Å². The van der Waals surface area contributed by atoms with Crippen molar-refractivity contribution in [1.29, 1.82) is 0 Å². The lowest BCUT2D eigenvalue weighted by molar-refractivity contribution is 0.0950. The molecule has 98 valence electrons. The van der Waals surface area contributed by atoms with E-state index >= 15 is 0 Å². The molecule has 2 aromatic rings. The Hall–Kier alpha value is -2.43. The third-order valence-electron chi connectivity index (χ3n) is 2.65. The van der Waals surface area contributed by atoms with Gasteiger partial charge in [0.15, 0.2) is 0 Å². The molecule has 0 bridgehead atoms. The smallest absolute Gasteiger partial charge is 0.253 e. The Morgan fingerprint density at radius 1 is 1.26 bits per heavy atom. The monoisotopic (exact) mass is 256 g/mol. The standard InChI is InChI=1S/C14H16N4O/c1-18(2)13-11(5-4-8-16-13)10-17-14(19)12-6-3-7-15-9-12/h3-9H,10H2,1-2H3,(H,17,19). The van der Waals surface area contributed by atoms with Gasteiger partial charge in [0.25, 0.3) is 5.91 Å². The van der Waals surface area contributed by atoms with E-state index in [4.69, 9.17) is 0 Å². The molecule has 2 rings (SSSR count). The molecule has 2 heterocycles. The third-order valence-corrected chi connectivity index (χ3v) is 2.65. The summed E-state index contributed by atoms with van der Waals surface area (Å²) in [6, 6.07) is 7.28. The molecule has 0 aliphatic rings. The van der Waals surface area contributed by atoms with E-state index in [1.165, 1.54) is 0 Å². The minimum atomic E-state index is -0.137. The van der Waals surface area contributed by atoms with Crippen LogP contribution in [-0.2, 0) is 6.54 Å². The summed E-state index contributed by atoms with van der Waals surface area (Å²) in [6.45, 7) is 0.440. The number of rotatable bonds is 4. The van der Waals surface area contributed by atoms with Gasteiger partial charge in [-0.15, -0.1) is 0 Å². The number of nitrogens with zero attached hydrogens (tertiary/aromatic N) is 3. The lowest BCUT2D eigenvalue weighted by atomic mass is 10.2. The molecular weight excluding hydrogens is 240 g/mol. The minimum absolute atomic E-state index is 0.137. The van der Waals surface area contributed by atoms with E-state index in [0.29, 0.717) is 12.1 Å². The zero-order valence-corrected chi connectivity index (χ0v) is 11.0. The highest BCUT2D eigenvalue weighted by atomic mass is 16.1. The summed E-state index contributed by atoms with van der Waals surface area (Å²) in [4.78, 5) is 22.1. The third kappa shape index (κ3) is 3.28. The lowest BCUT2D eigenvalue weighted by Gasteiger charge is -2.16. The molecule has 0 fully saturated rings. The van der Waals surface area contributed by atoms with Crippen LogP contribution in [0, 0.1) is 0 Å². The van der Waals surface area contributed by atoms with E-state index in [9.17, 15) is 4.79 Å². The van der Waals surface area contributed by atoms with E-state index in [1.54, 1.807) is 30.7 Å². The predicted molar refractivity (Wildman–Crippen MR) is 74.0 cm³/mol. The molecule has 19 heavy (non-hydrogen) atoms. The molecule has 5 nitrogen and oxygen atoms in total. The van der Waals surface area contributed by atoms with Crippen LogP contribution in [0.15, 0.2) is 42.9 Å². The Kier molecular flexibility index (Phi) is 4.07. The summed E-state index contributed by atoms with van der Waals surface area (Å²) in [5, 5.41) is 2.86. The first-order chi connectivity index (χ1) is 9.18. The van der Waals surface area contributed by atoms with Crippen molar-refractivity contribution in [2.75, 3.05) is 19.0 Å². The number of amides is 1. The second-order valence-electron chi connectivity index (χ2n) is 4.30. The molecule has 0 aromatic carbocycles. The number of pyridine rings is 2. The van der Waals surface area contributed by atoms with Crippen molar-refractivity contribution in [2.24, 2.45) is 0 Å². The summed E-state index contributed by atoms with van der Waals surface area (Å²) in [6.07, 6.45) is 4.93. The van der Waals surface area contributed by atoms with Crippen LogP contribution in [-0.4, -0.2) is 30.0 Å². The van der Waals surface area contributed by atoms with E-state index in [0.717, 1.165) is 11.4 Å². The van der Waals surface area contributed by atoms with Gasteiger partial charge in [0.2, 0.25) is 0 Å². The van der Waals surface area contributed by atoms with Gasteiger partial charge in [-0.2, -0.15) is 0 Å². The Labute approximate surface area is 112 Å². The fraction of sp³-hybridized carbons (Fsp3) is 0.214. The van der Waals surface area contributed by atoms with E-state index in [2.05, 4.69) is 15.3 Å². The van der Waals surface area contributed by atoms with Gasteiger partial charge >= 0.3 is 0 Å². The Morgan fingerprint density at radius 2 is 2.05 bits per heavy atom. The van der Waals surface area contributed by atoms with Crippen molar-refractivity contribution in [1.82, 2.24) is 15.3 Å². The molecule has 0 spiro atoms. The van der Waals surface area contributed by atoms with Gasteiger partial charge < -0.3 is 10.2 Å². The zero-order chi connectivity index (χ0) is 13.7. The summed E-state index contributed by atoms with van der Waals surface area (Å²) >= 11 is 0. The average Bonchev–Trinajstić information content (AvgIpc) is 2.46. The maximum atomic E-state index is 11.9. The lowest BCUT2D eigenvalue weighted by Crippen LogP contribution is -2.24. The molecule has 0 atom stereocenters. The quantitative estimate of drug-likeness (QED) is 0.900. The Bertz CT molecular complexity index is 554. The number of hydrogen-bond acceptors (Lipinski definition) is 4. The van der Waals surface area contributed by atoms with E-state index in [1.807, 2.05) is 31.1 Å². The van der Waals surface area contributed by atoms with Crippen LogP contribution in [0.25, 0.3) is 0 Å². The van der Waals surface area contributed by atoms with Crippen LogP contribution >= 0.6 is 0 Å². The zero-order valence-electron chi connectivity index (χ0n) is 11.0. The number of nitrogens with one attached hydrogen (secondary N) is 1. The number of carbonyl (C=O) groups excluding carboxylic acids is 1. The van der Waals surface area contributed by atoms with E-state index < -0.39 is 0 Å². The average molecular weight is 256 g/mol. The van der Waals surface area contributed by atoms with Crippen LogP contribution in [0.5, 0.6) is 0 Å². The van der Waals surface area contributed by atoms with Crippen molar-refractivity contribution in [3.8, 4) is 0 Å². The minimum Gasteiger partial charge on any atom is -0.362 e. The van der Waals surface area contributed by atoms with Gasteiger partial charge in [-0.1, -0.05) is 6.07 Å². The van der Waals surface area contributed by atoms with Crippen LogP contribution < -0.4 is 10.2 Å². The highest BCUT2D eigenvalue weighted by Crippen LogP contribution is 2.13. The van der Waals surface area contributed by atoms with Crippen molar-refractivity contribution < 1.29 is 4.79 Å². The van der Waals surface area contributed by atoms with Gasteiger partial charge in [-0.05, 0) is 18.2 Å². The van der Waals surface area contributed by atoms with Gasteiger partial charge in [0.1, 0.15) is 5.82 Å². The second-order valence-corrected chi connectivity index (χ2v) is 4.30. The molecule has 5 heteroatoms. The molecule has 0 radical (unpaired) electrons. The molecule has 2 aromatic heterocycles.